The van der Waals surface area contributed by atoms with Crippen molar-refractivity contribution in [2.75, 3.05) is 20.7 Å². The number of nitrogens with zero attached hydrogens (tertiary/aromatic N) is 3. The third-order valence-electron chi connectivity index (χ3n) is 4.57. The highest BCUT2D eigenvalue weighted by molar-refractivity contribution is 7.89. The molecule has 0 bridgehead atoms. The number of imidazole rings is 1. The van der Waals surface area contributed by atoms with Crippen molar-refractivity contribution in [2.24, 2.45) is 0 Å². The van der Waals surface area contributed by atoms with Gasteiger partial charge in [0.15, 0.2) is 5.82 Å². The van der Waals surface area contributed by atoms with E-state index in [1.165, 1.54) is 18.4 Å². The Bertz CT molecular complexity index is 1200. The van der Waals surface area contributed by atoms with Crippen LogP contribution in [0.25, 0.3) is 22.1 Å². The Morgan fingerprint density at radius 2 is 1.93 bits per heavy atom. The van der Waals surface area contributed by atoms with Crippen molar-refractivity contribution >= 4 is 43.8 Å². The zero-order valence-corrected chi connectivity index (χ0v) is 18.7. The molecule has 1 heterocycles. The fourth-order valence-electron chi connectivity index (χ4n) is 3.01. The molecule has 0 aliphatic rings. The van der Waals surface area contributed by atoms with E-state index in [-0.39, 0.29) is 4.90 Å². The highest BCUT2D eigenvalue weighted by Gasteiger charge is 2.20. The Morgan fingerprint density at radius 3 is 2.53 bits per heavy atom. The maximum atomic E-state index is 12.4. The predicted molar refractivity (Wildman–Crippen MR) is 122 cm³/mol. The molecule has 0 fully saturated rings. The van der Waals surface area contributed by atoms with Gasteiger partial charge in [0.25, 0.3) is 0 Å². The molecular formula is C22H24ClN3O3S. The molecule has 1 aromatic heterocycles. The van der Waals surface area contributed by atoms with Crippen LogP contribution in [0.5, 0.6) is 5.75 Å². The van der Waals surface area contributed by atoms with Crippen molar-refractivity contribution in [1.29, 1.82) is 0 Å². The number of fused-ring (bicyclic) bond motifs is 1. The second-order valence-corrected chi connectivity index (χ2v) is 9.34. The number of halogens is 1. The quantitative estimate of drug-likeness (QED) is 0.475. The SMILES string of the molecule is C=CCOc1ccc(/C=C(\Cl)c2nc3cc(S(=O)(=O)N(C)C)ccc3n2CC)cc1. The van der Waals surface area contributed by atoms with Crippen LogP contribution in [-0.4, -0.2) is 43.0 Å². The van der Waals surface area contributed by atoms with Crippen molar-refractivity contribution in [3.8, 4) is 5.75 Å². The van der Waals surface area contributed by atoms with Crippen molar-refractivity contribution in [3.05, 3.63) is 66.5 Å². The Balaban J connectivity index is 2.00. The number of rotatable bonds is 8. The summed E-state index contributed by atoms with van der Waals surface area (Å²) in [6.45, 7) is 6.71. The van der Waals surface area contributed by atoms with Crippen LogP contribution in [0.1, 0.15) is 18.3 Å². The first-order valence-electron chi connectivity index (χ1n) is 9.42. The molecule has 8 heteroatoms. The first-order valence-corrected chi connectivity index (χ1v) is 11.2. The summed E-state index contributed by atoms with van der Waals surface area (Å²) in [5, 5.41) is 0.463. The Morgan fingerprint density at radius 1 is 1.23 bits per heavy atom. The minimum Gasteiger partial charge on any atom is -0.490 e. The molecule has 0 amide bonds. The van der Waals surface area contributed by atoms with Crippen LogP contribution in [0.2, 0.25) is 0 Å². The molecule has 0 radical (unpaired) electrons. The van der Waals surface area contributed by atoms with Gasteiger partial charge in [-0.2, -0.15) is 0 Å². The summed E-state index contributed by atoms with van der Waals surface area (Å²) in [7, 11) is -0.534. The molecule has 0 N–H and O–H groups in total. The Kier molecular flexibility index (Phi) is 6.65. The van der Waals surface area contributed by atoms with Crippen molar-refractivity contribution < 1.29 is 13.2 Å². The first kappa shape index (κ1) is 22.1. The third-order valence-corrected chi connectivity index (χ3v) is 6.66. The van der Waals surface area contributed by atoms with E-state index < -0.39 is 10.0 Å². The van der Waals surface area contributed by atoms with Gasteiger partial charge in [0, 0.05) is 20.6 Å². The van der Waals surface area contributed by atoms with E-state index in [1.54, 1.807) is 24.3 Å². The van der Waals surface area contributed by atoms with Gasteiger partial charge in [-0.15, -0.1) is 0 Å². The van der Waals surface area contributed by atoms with E-state index in [0.717, 1.165) is 16.8 Å². The molecule has 158 valence electrons. The van der Waals surface area contributed by atoms with Crippen molar-refractivity contribution in [2.45, 2.75) is 18.4 Å². The lowest BCUT2D eigenvalue weighted by atomic mass is 10.2. The summed E-state index contributed by atoms with van der Waals surface area (Å²) in [6.07, 6.45) is 3.51. The average molecular weight is 446 g/mol. The van der Waals surface area contributed by atoms with Crippen molar-refractivity contribution in [3.63, 3.8) is 0 Å². The largest absolute Gasteiger partial charge is 0.490 e. The average Bonchev–Trinajstić information content (AvgIpc) is 3.11. The standard InChI is InChI=1S/C22H24ClN3O3S/c1-5-13-29-17-9-7-16(8-10-17)14-19(23)22-24-20-15-18(30(27,28)25(3)4)11-12-21(20)26(22)6-2/h5,7-12,14-15H,1,6,13H2,2-4H3/b19-14-. The highest BCUT2D eigenvalue weighted by atomic mass is 35.5. The fourth-order valence-corrected chi connectivity index (χ4v) is 4.20. The van der Waals surface area contributed by atoms with E-state index in [4.69, 9.17) is 16.3 Å². The van der Waals surface area contributed by atoms with Gasteiger partial charge in [0.1, 0.15) is 12.4 Å². The minimum absolute atomic E-state index is 0.197. The molecule has 2 aromatic carbocycles. The number of hydrogen-bond acceptors (Lipinski definition) is 4. The number of benzene rings is 2. The van der Waals surface area contributed by atoms with Crippen LogP contribution in [0.3, 0.4) is 0 Å². The summed E-state index contributed by atoms with van der Waals surface area (Å²) in [6, 6.07) is 12.5. The minimum atomic E-state index is -3.54. The van der Waals surface area contributed by atoms with Crippen LogP contribution in [0, 0.1) is 0 Å². The summed E-state index contributed by atoms with van der Waals surface area (Å²) in [5.74, 6) is 1.33. The van der Waals surface area contributed by atoms with Crippen LogP contribution < -0.4 is 4.74 Å². The van der Waals surface area contributed by atoms with Gasteiger partial charge >= 0.3 is 0 Å². The van der Waals surface area contributed by atoms with E-state index in [0.29, 0.717) is 29.5 Å². The lowest BCUT2D eigenvalue weighted by Crippen LogP contribution is -2.22. The Labute approximate surface area is 182 Å². The summed E-state index contributed by atoms with van der Waals surface area (Å²) in [5.41, 5.74) is 2.30. The molecule has 0 aliphatic heterocycles. The van der Waals surface area contributed by atoms with E-state index in [9.17, 15) is 8.42 Å². The van der Waals surface area contributed by atoms with Gasteiger partial charge in [0.05, 0.1) is 21.0 Å². The summed E-state index contributed by atoms with van der Waals surface area (Å²) < 4.78 is 33.5. The fraction of sp³-hybridized carbons (Fsp3) is 0.227. The lowest BCUT2D eigenvalue weighted by molar-refractivity contribution is 0.363. The van der Waals surface area contributed by atoms with Crippen LogP contribution in [0.15, 0.2) is 60.0 Å². The molecule has 0 unspecified atom stereocenters. The first-order chi connectivity index (χ1) is 14.3. The lowest BCUT2D eigenvalue weighted by Gasteiger charge is -2.11. The highest BCUT2D eigenvalue weighted by Crippen LogP contribution is 2.28. The van der Waals surface area contributed by atoms with E-state index in [1.807, 2.05) is 41.8 Å². The number of aromatic nitrogens is 2. The van der Waals surface area contributed by atoms with Gasteiger partial charge in [-0.25, -0.2) is 17.7 Å². The monoisotopic (exact) mass is 445 g/mol. The predicted octanol–water partition coefficient (Wildman–Crippen LogP) is 4.61. The van der Waals surface area contributed by atoms with Crippen molar-refractivity contribution in [1.82, 2.24) is 13.9 Å². The maximum Gasteiger partial charge on any atom is 0.242 e. The number of aryl methyl sites for hydroxylation is 1. The van der Waals surface area contributed by atoms with Gasteiger partial charge in [-0.3, -0.25) is 0 Å². The molecule has 0 aliphatic carbocycles. The summed E-state index contributed by atoms with van der Waals surface area (Å²) in [4.78, 5) is 4.81. The number of ether oxygens (including phenoxy) is 1. The van der Waals surface area contributed by atoms with E-state index in [2.05, 4.69) is 11.6 Å². The molecular weight excluding hydrogens is 422 g/mol. The molecule has 0 saturated carbocycles. The zero-order chi connectivity index (χ0) is 21.9. The second-order valence-electron chi connectivity index (χ2n) is 6.78. The van der Waals surface area contributed by atoms with Crippen LogP contribution >= 0.6 is 11.6 Å². The molecule has 0 spiro atoms. The third kappa shape index (κ3) is 4.43. The van der Waals surface area contributed by atoms with E-state index >= 15 is 0 Å². The summed E-state index contributed by atoms with van der Waals surface area (Å²) >= 11 is 6.61. The molecule has 30 heavy (non-hydrogen) atoms. The zero-order valence-electron chi connectivity index (χ0n) is 17.2. The molecule has 6 nitrogen and oxygen atoms in total. The van der Waals surface area contributed by atoms with Gasteiger partial charge in [0.2, 0.25) is 10.0 Å². The topological polar surface area (TPSA) is 64.4 Å². The smallest absolute Gasteiger partial charge is 0.242 e. The molecule has 0 saturated heterocycles. The molecule has 0 atom stereocenters. The maximum absolute atomic E-state index is 12.4. The van der Waals surface area contributed by atoms with Crippen LogP contribution in [-0.2, 0) is 16.6 Å². The normalized spacial score (nSPS) is 12.5. The molecule has 3 aromatic rings. The number of sulfonamides is 1. The molecule has 3 rings (SSSR count). The Hall–Kier alpha value is -2.61. The van der Waals surface area contributed by atoms with Gasteiger partial charge < -0.3 is 9.30 Å². The van der Waals surface area contributed by atoms with Gasteiger partial charge in [-0.05, 0) is 48.9 Å². The van der Waals surface area contributed by atoms with Crippen LogP contribution in [0.4, 0.5) is 0 Å². The number of hydrogen-bond donors (Lipinski definition) is 0. The second kappa shape index (κ2) is 9.04. The van der Waals surface area contributed by atoms with Gasteiger partial charge in [-0.1, -0.05) is 36.4 Å².